The molecule has 0 radical (unpaired) electrons. The summed E-state index contributed by atoms with van der Waals surface area (Å²) >= 11 is 0. The number of guanidine groups is 1. The number of benzene rings is 1. The molecule has 102 valence electrons. The van der Waals surface area contributed by atoms with Crippen LogP contribution >= 0.6 is 0 Å². The molecule has 0 aromatic heterocycles. The molecule has 5 nitrogen and oxygen atoms in total. The molecule has 1 saturated heterocycles. The van der Waals surface area contributed by atoms with E-state index >= 15 is 0 Å². The van der Waals surface area contributed by atoms with Gasteiger partial charge < -0.3 is 10.6 Å². The Balaban J connectivity index is 2.03. The number of anilines is 1. The zero-order valence-electron chi connectivity index (χ0n) is 10.6. The minimum absolute atomic E-state index is 0.138. The summed E-state index contributed by atoms with van der Waals surface area (Å²) in [6.45, 7) is 0.465. The van der Waals surface area contributed by atoms with Crippen molar-refractivity contribution in [3.63, 3.8) is 0 Å². The summed E-state index contributed by atoms with van der Waals surface area (Å²) < 4.78 is 24.0. The lowest BCUT2D eigenvalue weighted by atomic mass is 9.94. The number of para-hydroxylation sites is 1. The van der Waals surface area contributed by atoms with Gasteiger partial charge in [-0.25, -0.2) is 8.42 Å². The van der Waals surface area contributed by atoms with E-state index in [1.165, 1.54) is 0 Å². The van der Waals surface area contributed by atoms with Crippen molar-refractivity contribution in [2.24, 2.45) is 10.7 Å². The predicted molar refractivity (Wildman–Crippen MR) is 76.0 cm³/mol. The van der Waals surface area contributed by atoms with E-state index in [0.29, 0.717) is 18.9 Å². The van der Waals surface area contributed by atoms with Crippen molar-refractivity contribution in [1.29, 1.82) is 0 Å². The molecule has 6 heteroatoms. The van der Waals surface area contributed by atoms with E-state index < -0.39 is 15.4 Å². The Morgan fingerprint density at radius 2 is 2.00 bits per heavy atom. The van der Waals surface area contributed by atoms with Gasteiger partial charge in [-0.05, 0) is 25.0 Å². The maximum absolute atomic E-state index is 12.0. The molecule has 0 aliphatic carbocycles. The molecule has 0 bridgehead atoms. The van der Waals surface area contributed by atoms with E-state index in [0.717, 1.165) is 12.1 Å². The van der Waals surface area contributed by atoms with Gasteiger partial charge in [0.1, 0.15) is 0 Å². The maximum atomic E-state index is 12.0. The van der Waals surface area contributed by atoms with Crippen molar-refractivity contribution < 1.29 is 8.42 Å². The minimum atomic E-state index is -3.01. The van der Waals surface area contributed by atoms with Crippen LogP contribution in [0, 0.1) is 0 Å². The lowest BCUT2D eigenvalue weighted by Gasteiger charge is -2.41. The average Bonchev–Trinajstić information content (AvgIpc) is 2.66. The van der Waals surface area contributed by atoms with Gasteiger partial charge in [-0.2, -0.15) is 0 Å². The zero-order chi connectivity index (χ0) is 13.5. The molecule has 0 saturated carbocycles. The molecule has 1 fully saturated rings. The van der Waals surface area contributed by atoms with E-state index in [1.54, 1.807) is 0 Å². The molecule has 1 unspecified atom stereocenters. The molecule has 3 rings (SSSR count). The third-order valence-corrected chi connectivity index (χ3v) is 5.73. The Labute approximate surface area is 113 Å². The summed E-state index contributed by atoms with van der Waals surface area (Å²) in [5.41, 5.74) is 6.42. The van der Waals surface area contributed by atoms with Gasteiger partial charge in [-0.3, -0.25) is 4.99 Å². The highest BCUT2D eigenvalue weighted by atomic mass is 32.2. The van der Waals surface area contributed by atoms with Gasteiger partial charge in [0.05, 0.1) is 23.6 Å². The second kappa shape index (κ2) is 4.23. The maximum Gasteiger partial charge on any atom is 0.196 e. The number of aliphatic imine (C=N–C) groups is 1. The fourth-order valence-electron chi connectivity index (χ4n) is 3.07. The van der Waals surface area contributed by atoms with Crippen LogP contribution in [0.2, 0.25) is 0 Å². The Morgan fingerprint density at radius 3 is 2.68 bits per heavy atom. The summed E-state index contributed by atoms with van der Waals surface area (Å²) in [4.78, 5) is 6.20. The molecule has 2 aliphatic heterocycles. The molecule has 1 aromatic rings. The van der Waals surface area contributed by atoms with Gasteiger partial charge in [0.25, 0.3) is 0 Å². The highest BCUT2D eigenvalue weighted by molar-refractivity contribution is 7.91. The molecule has 2 N–H and O–H groups in total. The number of nitrogens with zero attached hydrogens (tertiary/aromatic N) is 2. The number of hydrogen-bond acceptors (Lipinski definition) is 5. The summed E-state index contributed by atoms with van der Waals surface area (Å²) in [6.07, 6.45) is 1.49. The lowest BCUT2D eigenvalue weighted by Crippen LogP contribution is -2.58. The number of rotatable bonds is 1. The van der Waals surface area contributed by atoms with Gasteiger partial charge >= 0.3 is 0 Å². The van der Waals surface area contributed by atoms with Gasteiger partial charge in [0.15, 0.2) is 15.8 Å². The van der Waals surface area contributed by atoms with Crippen molar-refractivity contribution in [1.82, 2.24) is 0 Å². The van der Waals surface area contributed by atoms with Crippen molar-refractivity contribution >= 4 is 21.5 Å². The first-order valence-electron chi connectivity index (χ1n) is 6.38. The van der Waals surface area contributed by atoms with Crippen molar-refractivity contribution in [3.8, 4) is 0 Å². The van der Waals surface area contributed by atoms with Crippen LogP contribution in [-0.4, -0.2) is 38.0 Å². The third kappa shape index (κ3) is 2.10. The SMILES string of the molecule is NC1=NCC2(CCCS(=O)(=O)C2)N1c1ccccc1. The molecule has 19 heavy (non-hydrogen) atoms. The van der Waals surface area contributed by atoms with Crippen LogP contribution in [0.15, 0.2) is 35.3 Å². The van der Waals surface area contributed by atoms with E-state index in [4.69, 9.17) is 5.73 Å². The second-order valence-electron chi connectivity index (χ2n) is 5.27. The zero-order valence-corrected chi connectivity index (χ0v) is 11.4. The van der Waals surface area contributed by atoms with E-state index in [1.807, 2.05) is 35.2 Å². The molecule has 1 aromatic carbocycles. The molecular formula is C13H17N3O2S. The number of sulfone groups is 1. The van der Waals surface area contributed by atoms with Crippen LogP contribution in [0.4, 0.5) is 5.69 Å². The van der Waals surface area contributed by atoms with Gasteiger partial charge in [0.2, 0.25) is 0 Å². The van der Waals surface area contributed by atoms with E-state index in [-0.39, 0.29) is 11.5 Å². The van der Waals surface area contributed by atoms with Crippen LogP contribution in [0.25, 0.3) is 0 Å². The van der Waals surface area contributed by atoms with Gasteiger partial charge in [0, 0.05) is 5.69 Å². The van der Waals surface area contributed by atoms with Gasteiger partial charge in [-0.1, -0.05) is 18.2 Å². The van der Waals surface area contributed by atoms with Crippen molar-refractivity contribution in [2.45, 2.75) is 18.4 Å². The Morgan fingerprint density at radius 1 is 1.26 bits per heavy atom. The van der Waals surface area contributed by atoms with Crippen molar-refractivity contribution in [3.05, 3.63) is 30.3 Å². The van der Waals surface area contributed by atoms with Gasteiger partial charge in [-0.15, -0.1) is 0 Å². The van der Waals surface area contributed by atoms with E-state index in [9.17, 15) is 8.42 Å². The monoisotopic (exact) mass is 279 g/mol. The topological polar surface area (TPSA) is 75.8 Å². The second-order valence-corrected chi connectivity index (χ2v) is 7.45. The summed E-state index contributed by atoms with van der Waals surface area (Å²) in [5, 5.41) is 0. The Hall–Kier alpha value is -1.56. The van der Waals surface area contributed by atoms with Crippen LogP contribution in [0.5, 0.6) is 0 Å². The highest BCUT2D eigenvalue weighted by Crippen LogP contribution is 2.36. The van der Waals surface area contributed by atoms with Crippen LogP contribution < -0.4 is 10.6 Å². The summed E-state index contributed by atoms with van der Waals surface area (Å²) in [7, 11) is -3.01. The van der Waals surface area contributed by atoms with Crippen LogP contribution in [0.3, 0.4) is 0 Å². The Kier molecular flexibility index (Phi) is 2.78. The molecule has 2 aliphatic rings. The normalized spacial score (nSPS) is 29.5. The highest BCUT2D eigenvalue weighted by Gasteiger charge is 2.48. The fourth-order valence-corrected chi connectivity index (χ4v) is 4.98. The van der Waals surface area contributed by atoms with Crippen LogP contribution in [0.1, 0.15) is 12.8 Å². The molecule has 0 amide bonds. The molecule has 2 heterocycles. The summed E-state index contributed by atoms with van der Waals surface area (Å²) in [6, 6.07) is 9.66. The third-order valence-electron chi connectivity index (χ3n) is 3.84. The van der Waals surface area contributed by atoms with Crippen LogP contribution in [-0.2, 0) is 9.84 Å². The summed E-state index contributed by atoms with van der Waals surface area (Å²) in [5.74, 6) is 0.833. The fraction of sp³-hybridized carbons (Fsp3) is 0.462. The standard InChI is InChI=1S/C13H17N3O2S/c14-12-15-9-13(7-4-8-19(17,18)10-13)16(12)11-5-2-1-3-6-11/h1-3,5-6H,4,7-10H2,(H2,14,15). The first kappa shape index (κ1) is 12.5. The first-order valence-corrected chi connectivity index (χ1v) is 8.20. The molecule has 1 spiro atoms. The number of nitrogens with two attached hydrogens (primary N) is 1. The largest absolute Gasteiger partial charge is 0.369 e. The minimum Gasteiger partial charge on any atom is -0.369 e. The Bertz CT molecular complexity index is 612. The van der Waals surface area contributed by atoms with Crippen molar-refractivity contribution in [2.75, 3.05) is 23.0 Å². The molecule has 1 atom stereocenters. The predicted octanol–water partition coefficient (Wildman–Crippen LogP) is 0.769. The average molecular weight is 279 g/mol. The van der Waals surface area contributed by atoms with E-state index in [2.05, 4.69) is 4.99 Å². The first-order chi connectivity index (χ1) is 9.03. The quantitative estimate of drug-likeness (QED) is 0.824. The smallest absolute Gasteiger partial charge is 0.196 e. The molecular weight excluding hydrogens is 262 g/mol. The lowest BCUT2D eigenvalue weighted by molar-refractivity contribution is 0.434. The number of hydrogen-bond donors (Lipinski definition) is 1.